The summed E-state index contributed by atoms with van der Waals surface area (Å²) in [5, 5.41) is 10.7. The third-order valence-corrected chi connectivity index (χ3v) is 4.48. The van der Waals surface area contributed by atoms with E-state index in [0.717, 1.165) is 0 Å². The molecule has 8 nitrogen and oxygen atoms in total. The minimum atomic E-state index is -1.15. The van der Waals surface area contributed by atoms with Crippen LogP contribution in [0.25, 0.3) is 22.3 Å². The molecule has 0 saturated heterocycles. The van der Waals surface area contributed by atoms with Crippen LogP contribution in [0.1, 0.15) is 33.8 Å². The van der Waals surface area contributed by atoms with Crippen molar-refractivity contribution in [3.05, 3.63) is 71.6 Å². The molecule has 0 fully saturated rings. The Morgan fingerprint density at radius 2 is 2.00 bits per heavy atom. The number of benzene rings is 2. The van der Waals surface area contributed by atoms with Gasteiger partial charge >= 0.3 is 0 Å². The molecule has 0 bridgehead atoms. The van der Waals surface area contributed by atoms with Crippen LogP contribution in [0.5, 0.6) is 5.75 Å². The largest absolute Gasteiger partial charge is 0.497 e. The summed E-state index contributed by atoms with van der Waals surface area (Å²) >= 11 is 0. The number of aliphatic hydroxyl groups excluding tert-OH is 1. The molecule has 1 atom stereocenters. The second-order valence-electron chi connectivity index (χ2n) is 6.70. The van der Waals surface area contributed by atoms with Crippen LogP contribution < -0.4 is 10.5 Å². The maximum Gasteiger partial charge on any atom is 0.268 e. The van der Waals surface area contributed by atoms with Crippen LogP contribution in [0, 0.1) is 31.6 Å². The Morgan fingerprint density at radius 1 is 1.21 bits per heavy atom. The van der Waals surface area contributed by atoms with Gasteiger partial charge in [0.25, 0.3) is 5.91 Å². The predicted molar refractivity (Wildman–Crippen MR) is 123 cm³/mol. The van der Waals surface area contributed by atoms with E-state index in [1.165, 1.54) is 6.20 Å². The number of ether oxygens (including phenoxy) is 1. The van der Waals surface area contributed by atoms with Crippen molar-refractivity contribution in [1.82, 2.24) is 15.0 Å². The molecule has 1 amide bonds. The number of terminal acetylenes is 1. The zero-order chi connectivity index (χ0) is 24.0. The number of primary amides is 1. The van der Waals surface area contributed by atoms with Crippen molar-refractivity contribution in [1.29, 1.82) is 0 Å². The second kappa shape index (κ2) is 10.1. The number of aromatic nitrogens is 3. The van der Waals surface area contributed by atoms with Crippen molar-refractivity contribution in [2.45, 2.75) is 13.0 Å². The number of carbonyl (C=O) groups excluding carboxylic acids is 1. The Bertz CT molecular complexity index is 1400. The molecule has 0 aliphatic carbocycles. The normalized spacial score (nSPS) is 10.9. The quantitative estimate of drug-likeness (QED) is 0.467. The first-order valence-electron chi connectivity index (χ1n) is 9.66. The van der Waals surface area contributed by atoms with Gasteiger partial charge in [-0.25, -0.2) is 15.0 Å². The number of nitrogens with zero attached hydrogens (tertiary/aromatic N) is 3. The van der Waals surface area contributed by atoms with Gasteiger partial charge in [0.15, 0.2) is 11.9 Å². The third kappa shape index (κ3) is 5.16. The lowest BCUT2D eigenvalue weighted by atomic mass is 10.1. The van der Waals surface area contributed by atoms with E-state index in [2.05, 4.69) is 39.6 Å². The number of aliphatic hydroxyl groups is 1. The Morgan fingerprint density at radius 3 is 2.67 bits per heavy atom. The van der Waals surface area contributed by atoms with Crippen LogP contribution in [0.2, 0.25) is 0 Å². The number of oxazole rings is 1. The van der Waals surface area contributed by atoms with Gasteiger partial charge in [0.1, 0.15) is 17.2 Å². The van der Waals surface area contributed by atoms with Gasteiger partial charge < -0.3 is 20.0 Å². The molecule has 0 spiro atoms. The number of methoxy groups -OCH3 is 1. The molecule has 8 heteroatoms. The van der Waals surface area contributed by atoms with E-state index in [0.29, 0.717) is 39.4 Å². The number of carbonyl (C=O) groups is 1. The average Bonchev–Trinajstić information content (AvgIpc) is 3.29. The van der Waals surface area contributed by atoms with Crippen molar-refractivity contribution >= 4 is 16.8 Å². The lowest BCUT2D eigenvalue weighted by molar-refractivity contribution is 0.0997. The van der Waals surface area contributed by atoms with Gasteiger partial charge in [0.2, 0.25) is 5.89 Å². The third-order valence-electron chi connectivity index (χ3n) is 4.48. The van der Waals surface area contributed by atoms with Gasteiger partial charge in [-0.15, -0.1) is 12.8 Å². The number of amides is 1. The Labute approximate surface area is 190 Å². The van der Waals surface area contributed by atoms with Crippen LogP contribution in [0.15, 0.2) is 53.1 Å². The molecule has 164 valence electrons. The topological polar surface area (TPSA) is 124 Å². The molecule has 2 aromatic heterocycles. The van der Waals surface area contributed by atoms with E-state index in [-0.39, 0.29) is 11.6 Å². The molecule has 0 saturated carbocycles. The van der Waals surface area contributed by atoms with Gasteiger partial charge in [-0.3, -0.25) is 4.79 Å². The van der Waals surface area contributed by atoms with Gasteiger partial charge in [-0.1, -0.05) is 24.0 Å². The van der Waals surface area contributed by atoms with Crippen molar-refractivity contribution < 1.29 is 19.1 Å². The summed E-state index contributed by atoms with van der Waals surface area (Å²) in [6, 6.07) is 12.2. The number of aryl methyl sites for hydroxylation is 1. The van der Waals surface area contributed by atoms with Gasteiger partial charge in [-0.2, -0.15) is 0 Å². The molecule has 3 N–H and O–H groups in total. The van der Waals surface area contributed by atoms with Crippen molar-refractivity contribution in [2.75, 3.05) is 7.11 Å². The van der Waals surface area contributed by atoms with E-state index < -0.39 is 12.0 Å². The maximum absolute atomic E-state index is 12.0. The highest BCUT2D eigenvalue weighted by molar-refractivity contribution is 6.04. The highest BCUT2D eigenvalue weighted by atomic mass is 16.5. The molecule has 33 heavy (non-hydrogen) atoms. The van der Waals surface area contributed by atoms with E-state index in [1.54, 1.807) is 56.5 Å². The van der Waals surface area contributed by atoms with Gasteiger partial charge in [-0.05, 0) is 31.2 Å². The van der Waals surface area contributed by atoms with Crippen LogP contribution in [-0.2, 0) is 0 Å². The summed E-state index contributed by atoms with van der Waals surface area (Å²) in [6.45, 7) is 1.74. The number of fused-ring (bicyclic) bond motifs is 1. The fourth-order valence-electron chi connectivity index (χ4n) is 3.00. The highest BCUT2D eigenvalue weighted by Crippen LogP contribution is 2.25. The lowest BCUT2D eigenvalue weighted by Gasteiger charge is -2.08. The Hall–Kier alpha value is -4.66. The summed E-state index contributed by atoms with van der Waals surface area (Å²) in [5.41, 5.74) is 7.45. The highest BCUT2D eigenvalue weighted by Gasteiger charge is 2.15. The van der Waals surface area contributed by atoms with E-state index >= 15 is 0 Å². The number of rotatable bonds is 4. The van der Waals surface area contributed by atoms with Crippen LogP contribution in [0.3, 0.4) is 0 Å². The van der Waals surface area contributed by atoms with Gasteiger partial charge in [0.05, 0.1) is 18.8 Å². The molecule has 4 rings (SSSR count). The zero-order valence-corrected chi connectivity index (χ0v) is 17.9. The van der Waals surface area contributed by atoms with Gasteiger partial charge in [0, 0.05) is 22.6 Å². The summed E-state index contributed by atoms with van der Waals surface area (Å²) in [4.78, 5) is 24.9. The van der Waals surface area contributed by atoms with Crippen LogP contribution in [0.4, 0.5) is 0 Å². The summed E-state index contributed by atoms with van der Waals surface area (Å²) < 4.78 is 10.5. The standard InChI is InChI=1S/C23H18N4O4.C2H2/c1-13-12-25-23(31-13)19(28)9-6-14-4-3-5-15(10-14)22-26-18-11-16(30-2)7-8-17(18)20(27-22)21(24)29;1-2/h3-5,7-8,10-12,19,28H,1-2H3,(H2,24,29);1-2H/t19-;/m0./s1. The smallest absolute Gasteiger partial charge is 0.268 e. The van der Waals surface area contributed by atoms with Crippen molar-refractivity contribution in [2.24, 2.45) is 5.73 Å². The molecule has 4 aromatic rings. The number of nitrogens with two attached hydrogens (primary N) is 1. The molecule has 0 aliphatic rings. The zero-order valence-electron chi connectivity index (χ0n) is 17.9. The number of hydrogen-bond donors (Lipinski definition) is 2. The minimum Gasteiger partial charge on any atom is -0.497 e. The Balaban J connectivity index is 0.00000149. The van der Waals surface area contributed by atoms with Crippen LogP contribution >= 0.6 is 0 Å². The fraction of sp³-hybridized carbons (Fsp3) is 0.120. The van der Waals surface area contributed by atoms with Crippen molar-refractivity contribution in [3.63, 3.8) is 0 Å². The summed E-state index contributed by atoms with van der Waals surface area (Å²) in [6.07, 6.45) is 8.37. The first-order chi connectivity index (χ1) is 15.9. The lowest BCUT2D eigenvalue weighted by Crippen LogP contribution is -2.15. The van der Waals surface area contributed by atoms with E-state index in [4.69, 9.17) is 14.9 Å². The molecule has 2 heterocycles. The predicted octanol–water partition coefficient (Wildman–Crippen LogP) is 3.04. The SMILES string of the molecule is C#C.COc1ccc2c(C(N)=O)nc(-c3cccc(C#C[C@H](O)c4ncc(C)o4)c3)nc2c1. The first kappa shape index (κ1) is 23.0. The summed E-state index contributed by atoms with van der Waals surface area (Å²) in [7, 11) is 1.55. The average molecular weight is 440 g/mol. The molecule has 0 unspecified atom stereocenters. The Kier molecular flexibility index (Phi) is 7.04. The monoisotopic (exact) mass is 440 g/mol. The second-order valence-corrected chi connectivity index (χ2v) is 6.70. The minimum absolute atomic E-state index is 0.119. The summed E-state index contributed by atoms with van der Waals surface area (Å²) in [5.74, 6) is 6.58. The maximum atomic E-state index is 12.0. The molecule has 0 aliphatic heterocycles. The van der Waals surface area contributed by atoms with Crippen LogP contribution in [-0.4, -0.2) is 33.1 Å². The van der Waals surface area contributed by atoms with E-state index in [9.17, 15) is 9.90 Å². The molecule has 2 aromatic carbocycles. The number of hydrogen-bond acceptors (Lipinski definition) is 7. The van der Waals surface area contributed by atoms with E-state index in [1.807, 2.05) is 0 Å². The fourth-order valence-corrected chi connectivity index (χ4v) is 3.00. The van der Waals surface area contributed by atoms with Crippen molar-refractivity contribution in [3.8, 4) is 41.8 Å². The first-order valence-corrected chi connectivity index (χ1v) is 9.66. The molecular formula is C25H20N4O4. The molecule has 0 radical (unpaired) electrons. The molecular weight excluding hydrogens is 420 g/mol.